The molecule has 0 saturated heterocycles. The molecular formula is C15H15BrN2O4S. The minimum absolute atomic E-state index is 0.0268. The molecule has 0 spiro atoms. The average Bonchev–Trinajstić information content (AvgIpc) is 2.54. The van der Waals surface area contributed by atoms with Crippen LogP contribution in [-0.4, -0.2) is 28.5 Å². The molecule has 2 aromatic rings. The van der Waals surface area contributed by atoms with Crippen LogP contribution in [0.3, 0.4) is 0 Å². The Labute approximate surface area is 143 Å². The lowest BCUT2D eigenvalue weighted by Crippen LogP contribution is -2.21. The summed E-state index contributed by atoms with van der Waals surface area (Å²) in [6.45, 7) is 0. The van der Waals surface area contributed by atoms with Gasteiger partial charge < -0.3 is 10.1 Å². The number of carbonyl (C=O) groups excluding carboxylic acids is 1. The average molecular weight is 399 g/mol. The van der Waals surface area contributed by atoms with Crippen LogP contribution in [0.1, 0.15) is 10.4 Å². The first-order valence-electron chi connectivity index (χ1n) is 6.56. The van der Waals surface area contributed by atoms with Crippen molar-refractivity contribution in [2.75, 3.05) is 18.9 Å². The van der Waals surface area contributed by atoms with Gasteiger partial charge in [-0.3, -0.25) is 9.52 Å². The fraction of sp³-hybridized carbons (Fsp3) is 0.133. The maximum Gasteiger partial charge on any atom is 0.265 e. The fourth-order valence-electron chi connectivity index (χ4n) is 1.97. The molecule has 0 saturated carbocycles. The fourth-order valence-corrected chi connectivity index (χ4v) is 3.75. The Bertz CT molecular complexity index is 837. The number of halogens is 1. The van der Waals surface area contributed by atoms with E-state index in [-0.39, 0.29) is 27.8 Å². The molecule has 0 heterocycles. The van der Waals surface area contributed by atoms with Crippen molar-refractivity contribution in [2.24, 2.45) is 0 Å². The minimum Gasteiger partial charge on any atom is -0.495 e. The number of methoxy groups -OCH3 is 1. The van der Waals surface area contributed by atoms with Gasteiger partial charge in [0.1, 0.15) is 10.6 Å². The van der Waals surface area contributed by atoms with Gasteiger partial charge in [0.25, 0.3) is 15.9 Å². The van der Waals surface area contributed by atoms with E-state index in [1.165, 1.54) is 32.4 Å². The zero-order valence-electron chi connectivity index (χ0n) is 12.5. The highest BCUT2D eigenvalue weighted by Gasteiger charge is 2.22. The first kappa shape index (κ1) is 17.3. The SMILES string of the molecule is CNC(=O)c1ccccc1NS(=O)(=O)c1cc(Br)ccc1OC. The highest BCUT2D eigenvalue weighted by molar-refractivity contribution is 9.10. The van der Waals surface area contributed by atoms with Crippen molar-refractivity contribution in [1.29, 1.82) is 0 Å². The van der Waals surface area contributed by atoms with E-state index in [0.717, 1.165) is 0 Å². The first-order chi connectivity index (χ1) is 10.9. The number of amides is 1. The minimum atomic E-state index is -3.93. The van der Waals surface area contributed by atoms with Crippen molar-refractivity contribution < 1.29 is 17.9 Å². The molecule has 0 radical (unpaired) electrons. The number of anilines is 1. The summed E-state index contributed by atoms with van der Waals surface area (Å²) < 4.78 is 33.4. The number of para-hydroxylation sites is 1. The summed E-state index contributed by atoms with van der Waals surface area (Å²) in [5, 5.41) is 2.47. The topological polar surface area (TPSA) is 84.5 Å². The predicted octanol–water partition coefficient (Wildman–Crippen LogP) is 2.62. The molecule has 8 heteroatoms. The zero-order valence-corrected chi connectivity index (χ0v) is 14.9. The molecule has 0 atom stereocenters. The number of carbonyl (C=O) groups is 1. The third-order valence-electron chi connectivity index (χ3n) is 3.06. The molecule has 0 bridgehead atoms. The first-order valence-corrected chi connectivity index (χ1v) is 8.84. The number of benzene rings is 2. The lowest BCUT2D eigenvalue weighted by molar-refractivity contribution is 0.0964. The lowest BCUT2D eigenvalue weighted by atomic mass is 10.2. The van der Waals surface area contributed by atoms with Crippen molar-refractivity contribution in [3.05, 3.63) is 52.5 Å². The second-order valence-electron chi connectivity index (χ2n) is 4.53. The molecule has 0 aromatic heterocycles. The second kappa shape index (κ2) is 7.01. The van der Waals surface area contributed by atoms with E-state index < -0.39 is 10.0 Å². The van der Waals surface area contributed by atoms with Gasteiger partial charge in [0, 0.05) is 11.5 Å². The van der Waals surface area contributed by atoms with E-state index >= 15 is 0 Å². The van der Waals surface area contributed by atoms with Gasteiger partial charge in [-0.05, 0) is 30.3 Å². The van der Waals surface area contributed by atoms with E-state index in [2.05, 4.69) is 26.0 Å². The van der Waals surface area contributed by atoms with Gasteiger partial charge in [-0.25, -0.2) is 8.42 Å². The highest BCUT2D eigenvalue weighted by atomic mass is 79.9. The van der Waals surface area contributed by atoms with Crippen molar-refractivity contribution in [2.45, 2.75) is 4.90 Å². The Morgan fingerprint density at radius 1 is 1.17 bits per heavy atom. The Morgan fingerprint density at radius 2 is 1.87 bits per heavy atom. The number of nitrogens with one attached hydrogen (secondary N) is 2. The molecule has 0 unspecified atom stereocenters. The van der Waals surface area contributed by atoms with Gasteiger partial charge >= 0.3 is 0 Å². The molecule has 2 aromatic carbocycles. The van der Waals surface area contributed by atoms with E-state index in [1.54, 1.807) is 24.3 Å². The third-order valence-corrected chi connectivity index (χ3v) is 4.94. The van der Waals surface area contributed by atoms with Crippen LogP contribution >= 0.6 is 15.9 Å². The zero-order chi connectivity index (χ0) is 17.0. The number of rotatable bonds is 5. The molecular weight excluding hydrogens is 384 g/mol. The maximum absolute atomic E-state index is 12.7. The van der Waals surface area contributed by atoms with E-state index in [9.17, 15) is 13.2 Å². The molecule has 0 aliphatic rings. The van der Waals surface area contributed by atoms with Gasteiger partial charge in [0.2, 0.25) is 0 Å². The molecule has 6 nitrogen and oxygen atoms in total. The molecule has 1 amide bonds. The van der Waals surface area contributed by atoms with Crippen LogP contribution in [0.25, 0.3) is 0 Å². The van der Waals surface area contributed by atoms with E-state index in [1.807, 2.05) is 0 Å². The Kier molecular flexibility index (Phi) is 5.27. The van der Waals surface area contributed by atoms with Crippen LogP contribution < -0.4 is 14.8 Å². The largest absolute Gasteiger partial charge is 0.495 e. The third kappa shape index (κ3) is 3.83. The summed E-state index contributed by atoms with van der Waals surface area (Å²) >= 11 is 3.24. The summed E-state index contributed by atoms with van der Waals surface area (Å²) in [5.41, 5.74) is 0.418. The van der Waals surface area contributed by atoms with E-state index in [0.29, 0.717) is 4.47 Å². The molecule has 2 rings (SSSR count). The smallest absolute Gasteiger partial charge is 0.265 e. The van der Waals surface area contributed by atoms with Crippen molar-refractivity contribution in [3.63, 3.8) is 0 Å². The molecule has 0 aliphatic carbocycles. The summed E-state index contributed by atoms with van der Waals surface area (Å²) in [6, 6.07) is 11.0. The molecule has 23 heavy (non-hydrogen) atoms. The number of sulfonamides is 1. The van der Waals surface area contributed by atoms with Crippen LogP contribution in [-0.2, 0) is 10.0 Å². The number of hydrogen-bond donors (Lipinski definition) is 2. The summed E-state index contributed by atoms with van der Waals surface area (Å²) in [4.78, 5) is 11.8. The standard InChI is InChI=1S/C15H15BrN2O4S/c1-17-15(19)11-5-3-4-6-12(11)18-23(20,21)14-9-10(16)7-8-13(14)22-2/h3-9,18H,1-2H3,(H,17,19). The normalized spacial score (nSPS) is 10.9. The molecule has 2 N–H and O–H groups in total. The van der Waals surface area contributed by atoms with Crippen molar-refractivity contribution >= 4 is 37.5 Å². The summed E-state index contributed by atoms with van der Waals surface area (Å²) in [5.74, 6) is -0.178. The predicted molar refractivity (Wildman–Crippen MR) is 91.3 cm³/mol. The quantitative estimate of drug-likeness (QED) is 0.810. The van der Waals surface area contributed by atoms with Gasteiger partial charge in [-0.15, -0.1) is 0 Å². The Hall–Kier alpha value is -2.06. The number of ether oxygens (including phenoxy) is 1. The van der Waals surface area contributed by atoms with Crippen molar-refractivity contribution in [1.82, 2.24) is 5.32 Å². The summed E-state index contributed by atoms with van der Waals surface area (Å²) in [6.07, 6.45) is 0. The van der Waals surface area contributed by atoms with Crippen molar-refractivity contribution in [3.8, 4) is 5.75 Å². The van der Waals surface area contributed by atoms with Gasteiger partial charge in [0.05, 0.1) is 18.4 Å². The Balaban J connectivity index is 2.48. The highest BCUT2D eigenvalue weighted by Crippen LogP contribution is 2.29. The molecule has 0 fully saturated rings. The number of hydrogen-bond acceptors (Lipinski definition) is 4. The van der Waals surface area contributed by atoms with Gasteiger partial charge in [0.15, 0.2) is 0 Å². The van der Waals surface area contributed by atoms with E-state index in [4.69, 9.17) is 4.74 Å². The van der Waals surface area contributed by atoms with Gasteiger partial charge in [-0.2, -0.15) is 0 Å². The maximum atomic E-state index is 12.7. The molecule has 0 aliphatic heterocycles. The van der Waals surface area contributed by atoms with Crippen LogP contribution in [0.15, 0.2) is 51.8 Å². The summed E-state index contributed by atoms with van der Waals surface area (Å²) in [7, 11) is -1.06. The van der Waals surface area contributed by atoms with Gasteiger partial charge in [-0.1, -0.05) is 28.1 Å². The Morgan fingerprint density at radius 3 is 2.52 bits per heavy atom. The molecule has 122 valence electrons. The van der Waals surface area contributed by atoms with Crippen LogP contribution in [0.2, 0.25) is 0 Å². The lowest BCUT2D eigenvalue weighted by Gasteiger charge is -2.14. The second-order valence-corrected chi connectivity index (χ2v) is 7.09. The van der Waals surface area contributed by atoms with Crippen LogP contribution in [0, 0.1) is 0 Å². The van der Waals surface area contributed by atoms with Crippen LogP contribution in [0.5, 0.6) is 5.75 Å². The monoisotopic (exact) mass is 398 g/mol. The van der Waals surface area contributed by atoms with Crippen LogP contribution in [0.4, 0.5) is 5.69 Å².